The van der Waals surface area contributed by atoms with E-state index in [0.29, 0.717) is 16.4 Å². The van der Waals surface area contributed by atoms with E-state index in [-0.39, 0.29) is 31.2 Å². The van der Waals surface area contributed by atoms with E-state index in [1.54, 1.807) is 7.11 Å². The summed E-state index contributed by atoms with van der Waals surface area (Å²) in [5.74, 6) is -0.549. The summed E-state index contributed by atoms with van der Waals surface area (Å²) in [4.78, 5) is 41.3. The van der Waals surface area contributed by atoms with Crippen LogP contribution in [0.2, 0.25) is 0 Å². The topological polar surface area (TPSA) is 112 Å². The Hall–Kier alpha value is -3.79. The van der Waals surface area contributed by atoms with Crippen LogP contribution >= 0.6 is 11.3 Å². The average Bonchev–Trinajstić information content (AvgIpc) is 3.44. The zero-order valence-corrected chi connectivity index (χ0v) is 17.9. The maximum absolute atomic E-state index is 12.5. The van der Waals surface area contributed by atoms with Gasteiger partial charge in [0.05, 0.1) is 23.6 Å². The van der Waals surface area contributed by atoms with Crippen LogP contribution < -0.4 is 9.64 Å². The zero-order valence-electron chi connectivity index (χ0n) is 17.1. The number of non-ortho nitro benzene ring substituents is 1. The monoisotopic (exact) mass is 453 g/mol. The Balaban J connectivity index is 1.38. The largest absolute Gasteiger partial charge is 0.497 e. The maximum Gasteiger partial charge on any atom is 0.311 e. The van der Waals surface area contributed by atoms with Gasteiger partial charge in [-0.2, -0.15) is 0 Å². The molecule has 0 spiro atoms. The lowest BCUT2D eigenvalue weighted by atomic mass is 10.1. The van der Waals surface area contributed by atoms with Crippen molar-refractivity contribution in [2.45, 2.75) is 13.0 Å². The quantitative estimate of drug-likeness (QED) is 0.304. The van der Waals surface area contributed by atoms with E-state index < -0.39 is 16.8 Å². The van der Waals surface area contributed by atoms with E-state index >= 15 is 0 Å². The number of rotatable bonds is 7. The molecule has 9 nitrogen and oxygen atoms in total. The molecule has 1 aliphatic heterocycles. The molecule has 0 aliphatic carbocycles. The molecule has 1 aromatic heterocycles. The SMILES string of the molecule is COc1cccc(-c2csc(N3C[C@@H](C(=O)OCc4ccc([N+](=O)[O-])cc4)CC3=O)n2)c1. The van der Waals surface area contributed by atoms with Crippen molar-refractivity contribution >= 4 is 34.0 Å². The molecule has 10 heteroatoms. The highest BCUT2D eigenvalue weighted by Crippen LogP contribution is 2.33. The lowest BCUT2D eigenvalue weighted by Gasteiger charge is -2.13. The van der Waals surface area contributed by atoms with Gasteiger partial charge in [0.15, 0.2) is 5.13 Å². The smallest absolute Gasteiger partial charge is 0.311 e. The fraction of sp³-hybridized carbons (Fsp3) is 0.227. The van der Waals surface area contributed by atoms with Gasteiger partial charge < -0.3 is 9.47 Å². The van der Waals surface area contributed by atoms with Gasteiger partial charge in [-0.3, -0.25) is 24.6 Å². The highest BCUT2D eigenvalue weighted by atomic mass is 32.1. The Morgan fingerprint density at radius 3 is 2.78 bits per heavy atom. The molecular formula is C22H19N3O6S. The molecule has 0 bridgehead atoms. The summed E-state index contributed by atoms with van der Waals surface area (Å²) in [5, 5.41) is 13.1. The van der Waals surface area contributed by atoms with E-state index in [9.17, 15) is 19.7 Å². The van der Waals surface area contributed by atoms with Crippen LogP contribution in [-0.4, -0.2) is 35.4 Å². The first-order valence-electron chi connectivity index (χ1n) is 9.75. The van der Waals surface area contributed by atoms with Crippen LogP contribution in [-0.2, 0) is 20.9 Å². The number of carbonyl (C=O) groups is 2. The third kappa shape index (κ3) is 4.59. The van der Waals surface area contributed by atoms with Crippen LogP contribution in [0, 0.1) is 16.0 Å². The van der Waals surface area contributed by atoms with E-state index in [2.05, 4.69) is 4.98 Å². The van der Waals surface area contributed by atoms with Gasteiger partial charge in [-0.1, -0.05) is 12.1 Å². The van der Waals surface area contributed by atoms with E-state index in [0.717, 1.165) is 11.3 Å². The summed E-state index contributed by atoms with van der Waals surface area (Å²) in [7, 11) is 1.59. The van der Waals surface area contributed by atoms with Gasteiger partial charge in [0, 0.05) is 36.0 Å². The number of hydrogen-bond acceptors (Lipinski definition) is 8. The molecule has 0 N–H and O–H groups in total. The van der Waals surface area contributed by atoms with Crippen molar-refractivity contribution < 1.29 is 24.0 Å². The van der Waals surface area contributed by atoms with Gasteiger partial charge in [0.25, 0.3) is 5.69 Å². The molecular weight excluding hydrogens is 434 g/mol. The van der Waals surface area contributed by atoms with Gasteiger partial charge in [-0.05, 0) is 29.8 Å². The second kappa shape index (κ2) is 9.15. The number of hydrogen-bond donors (Lipinski definition) is 0. The molecule has 2 aromatic carbocycles. The van der Waals surface area contributed by atoms with Crippen molar-refractivity contribution in [3.8, 4) is 17.0 Å². The lowest BCUT2D eigenvalue weighted by Crippen LogP contribution is -2.26. The first-order chi connectivity index (χ1) is 15.4. The summed E-state index contributed by atoms with van der Waals surface area (Å²) in [6, 6.07) is 13.3. The van der Waals surface area contributed by atoms with E-state index in [4.69, 9.17) is 9.47 Å². The Kier molecular flexibility index (Phi) is 6.13. The minimum Gasteiger partial charge on any atom is -0.497 e. The van der Waals surface area contributed by atoms with Crippen LogP contribution in [0.3, 0.4) is 0 Å². The second-order valence-corrected chi connectivity index (χ2v) is 8.02. The number of nitrogens with zero attached hydrogens (tertiary/aromatic N) is 3. The van der Waals surface area contributed by atoms with Crippen LogP contribution in [0.1, 0.15) is 12.0 Å². The number of amides is 1. The van der Waals surface area contributed by atoms with Crippen molar-refractivity contribution in [1.82, 2.24) is 4.98 Å². The number of anilines is 1. The standard InChI is InChI=1S/C22H19N3O6S/c1-30-18-4-2-3-15(9-18)19-13-32-22(23-19)24-11-16(10-20(24)26)21(27)31-12-14-5-7-17(8-6-14)25(28)29/h2-9,13,16H,10-12H2,1H3/t16-/m0/s1. The normalized spacial score (nSPS) is 15.6. The van der Waals surface area contributed by atoms with Crippen LogP contribution in [0.4, 0.5) is 10.8 Å². The van der Waals surface area contributed by atoms with E-state index in [1.807, 2.05) is 29.6 Å². The van der Waals surface area contributed by atoms with Gasteiger partial charge in [0.1, 0.15) is 12.4 Å². The van der Waals surface area contributed by atoms with Crippen molar-refractivity contribution in [2.24, 2.45) is 5.92 Å². The molecule has 0 unspecified atom stereocenters. The number of thiazole rings is 1. The predicted molar refractivity (Wildman–Crippen MR) is 117 cm³/mol. The highest BCUT2D eigenvalue weighted by Gasteiger charge is 2.37. The molecule has 1 saturated heterocycles. The van der Waals surface area contributed by atoms with Crippen molar-refractivity contribution in [2.75, 3.05) is 18.6 Å². The van der Waals surface area contributed by atoms with Gasteiger partial charge in [0.2, 0.25) is 5.91 Å². The van der Waals surface area contributed by atoms with Crippen LogP contribution in [0.5, 0.6) is 5.75 Å². The van der Waals surface area contributed by atoms with Crippen LogP contribution in [0.25, 0.3) is 11.3 Å². The number of ether oxygens (including phenoxy) is 2. The van der Waals surface area contributed by atoms with Gasteiger partial charge >= 0.3 is 5.97 Å². The predicted octanol–water partition coefficient (Wildman–Crippen LogP) is 3.82. The Labute approximate surface area is 187 Å². The fourth-order valence-corrected chi connectivity index (χ4v) is 4.20. The molecule has 1 amide bonds. The summed E-state index contributed by atoms with van der Waals surface area (Å²) < 4.78 is 10.6. The summed E-state index contributed by atoms with van der Waals surface area (Å²) >= 11 is 1.33. The first kappa shape index (κ1) is 21.4. The number of carbonyl (C=O) groups excluding carboxylic acids is 2. The highest BCUT2D eigenvalue weighted by molar-refractivity contribution is 7.14. The molecule has 1 aliphatic rings. The van der Waals surface area contributed by atoms with Gasteiger partial charge in [-0.15, -0.1) is 11.3 Å². The lowest BCUT2D eigenvalue weighted by molar-refractivity contribution is -0.384. The number of aromatic nitrogens is 1. The number of benzene rings is 2. The van der Waals surface area contributed by atoms with Crippen LogP contribution in [0.15, 0.2) is 53.9 Å². The molecule has 4 rings (SSSR count). The zero-order chi connectivity index (χ0) is 22.7. The molecule has 32 heavy (non-hydrogen) atoms. The number of esters is 1. The second-order valence-electron chi connectivity index (χ2n) is 7.18. The first-order valence-corrected chi connectivity index (χ1v) is 10.6. The average molecular weight is 453 g/mol. The molecule has 1 fully saturated rings. The number of nitro groups is 1. The van der Waals surface area contributed by atoms with E-state index in [1.165, 1.54) is 40.5 Å². The maximum atomic E-state index is 12.5. The van der Waals surface area contributed by atoms with Crippen molar-refractivity contribution in [1.29, 1.82) is 0 Å². The molecule has 2 heterocycles. The minimum absolute atomic E-state index is 0.0151. The Morgan fingerprint density at radius 2 is 2.06 bits per heavy atom. The Morgan fingerprint density at radius 1 is 1.28 bits per heavy atom. The molecule has 0 radical (unpaired) electrons. The fourth-order valence-electron chi connectivity index (χ4n) is 3.34. The van der Waals surface area contributed by atoms with Crippen molar-refractivity contribution in [3.63, 3.8) is 0 Å². The summed E-state index contributed by atoms with van der Waals surface area (Å²) in [6.07, 6.45) is 0.0488. The van der Waals surface area contributed by atoms with Gasteiger partial charge in [-0.25, -0.2) is 4.98 Å². The summed E-state index contributed by atoms with van der Waals surface area (Å²) in [6.45, 7) is 0.182. The third-order valence-corrected chi connectivity index (χ3v) is 5.94. The molecule has 0 saturated carbocycles. The minimum atomic E-state index is -0.593. The number of nitro benzene ring substituents is 1. The third-order valence-electron chi connectivity index (χ3n) is 5.08. The molecule has 3 aromatic rings. The number of methoxy groups -OCH3 is 1. The van der Waals surface area contributed by atoms with Crippen molar-refractivity contribution in [3.05, 3.63) is 69.6 Å². The Bertz CT molecular complexity index is 1160. The summed E-state index contributed by atoms with van der Waals surface area (Å²) in [5.41, 5.74) is 2.19. The molecule has 1 atom stereocenters. The molecule has 164 valence electrons.